The van der Waals surface area contributed by atoms with Crippen LogP contribution in [0.3, 0.4) is 0 Å². The molecular formula is C20H38N4O. The molecule has 144 valence electrons. The summed E-state index contributed by atoms with van der Waals surface area (Å²) in [6.45, 7) is 2.27. The molecular weight excluding hydrogens is 312 g/mol. The van der Waals surface area contributed by atoms with Gasteiger partial charge in [-0.05, 0) is 37.3 Å². The highest BCUT2D eigenvalue weighted by molar-refractivity contribution is 4.83. The maximum absolute atomic E-state index is 9.95. The molecule has 1 rings (SSSR count). The van der Waals surface area contributed by atoms with Gasteiger partial charge < -0.3 is 5.11 Å². The van der Waals surface area contributed by atoms with E-state index in [0.29, 0.717) is 5.82 Å². The highest BCUT2D eigenvalue weighted by Crippen LogP contribution is 2.16. The fourth-order valence-electron chi connectivity index (χ4n) is 2.97. The number of rotatable bonds is 16. The molecule has 0 fully saturated rings. The number of tetrazole rings is 1. The molecule has 1 atom stereocenters. The van der Waals surface area contributed by atoms with Crippen LogP contribution in [-0.4, -0.2) is 25.3 Å². The number of hydrogen-bond donors (Lipinski definition) is 1. The van der Waals surface area contributed by atoms with Gasteiger partial charge in [0.05, 0.1) is 7.05 Å². The van der Waals surface area contributed by atoms with Crippen LogP contribution in [0.25, 0.3) is 0 Å². The third kappa shape index (κ3) is 11.9. The van der Waals surface area contributed by atoms with Crippen LogP contribution in [0.15, 0.2) is 12.2 Å². The number of aromatic nitrogens is 4. The molecule has 0 amide bonds. The third-order valence-electron chi connectivity index (χ3n) is 4.56. The summed E-state index contributed by atoms with van der Waals surface area (Å²) in [5.41, 5.74) is 0. The van der Waals surface area contributed by atoms with Gasteiger partial charge in [-0.2, -0.15) is 4.80 Å². The normalized spacial score (nSPS) is 12.9. The Morgan fingerprint density at radius 1 is 0.880 bits per heavy atom. The highest BCUT2D eigenvalue weighted by atomic mass is 16.3. The number of aryl methyl sites for hydroxylation is 1. The minimum atomic E-state index is -0.571. The standard InChI is InChI=1S/C20H38N4O/c1-3-4-5-6-7-8-9-10-11-12-13-14-15-16-17-18-19(25)20-21-23-24(2)22-20/h10-11,19,25H,3-9,12-18H2,1-2H3/b11-10-. The van der Waals surface area contributed by atoms with Gasteiger partial charge in [0.25, 0.3) is 0 Å². The van der Waals surface area contributed by atoms with Gasteiger partial charge in [-0.3, -0.25) is 0 Å². The second kappa shape index (κ2) is 15.1. The zero-order chi connectivity index (χ0) is 18.2. The fourth-order valence-corrected chi connectivity index (χ4v) is 2.97. The first-order valence-corrected chi connectivity index (χ1v) is 10.3. The Bertz CT molecular complexity index is 445. The van der Waals surface area contributed by atoms with Gasteiger partial charge in [0.2, 0.25) is 5.82 Å². The molecule has 0 bridgehead atoms. The van der Waals surface area contributed by atoms with E-state index >= 15 is 0 Å². The Kier molecular flexibility index (Phi) is 13.1. The second-order valence-electron chi connectivity index (χ2n) is 7.03. The predicted molar refractivity (Wildman–Crippen MR) is 103 cm³/mol. The molecule has 5 heteroatoms. The van der Waals surface area contributed by atoms with Gasteiger partial charge >= 0.3 is 0 Å². The molecule has 1 aromatic heterocycles. The van der Waals surface area contributed by atoms with Crippen molar-refractivity contribution in [1.29, 1.82) is 0 Å². The number of aliphatic hydroxyl groups excluding tert-OH is 1. The van der Waals surface area contributed by atoms with E-state index in [1.807, 2.05) is 0 Å². The first-order chi connectivity index (χ1) is 12.2. The molecule has 0 radical (unpaired) electrons. The van der Waals surface area contributed by atoms with Crippen molar-refractivity contribution in [2.45, 2.75) is 103 Å². The summed E-state index contributed by atoms with van der Waals surface area (Å²) in [5, 5.41) is 21.6. The molecule has 25 heavy (non-hydrogen) atoms. The van der Waals surface area contributed by atoms with Crippen LogP contribution in [0, 0.1) is 0 Å². The molecule has 0 saturated carbocycles. The molecule has 0 aromatic carbocycles. The summed E-state index contributed by atoms with van der Waals surface area (Å²) in [6, 6.07) is 0. The van der Waals surface area contributed by atoms with Crippen molar-refractivity contribution >= 4 is 0 Å². The van der Waals surface area contributed by atoms with Crippen molar-refractivity contribution < 1.29 is 5.11 Å². The van der Waals surface area contributed by atoms with Crippen LogP contribution in [0.1, 0.15) is 109 Å². The third-order valence-corrected chi connectivity index (χ3v) is 4.56. The molecule has 0 aliphatic carbocycles. The lowest BCUT2D eigenvalue weighted by atomic mass is 10.1. The van der Waals surface area contributed by atoms with E-state index in [4.69, 9.17) is 0 Å². The second-order valence-corrected chi connectivity index (χ2v) is 7.03. The van der Waals surface area contributed by atoms with Gasteiger partial charge in [-0.1, -0.05) is 76.9 Å². The van der Waals surface area contributed by atoms with E-state index in [2.05, 4.69) is 34.5 Å². The van der Waals surface area contributed by atoms with E-state index < -0.39 is 6.10 Å². The Morgan fingerprint density at radius 2 is 1.44 bits per heavy atom. The molecule has 5 nitrogen and oxygen atoms in total. The van der Waals surface area contributed by atoms with Crippen molar-refractivity contribution in [2.75, 3.05) is 0 Å². The smallest absolute Gasteiger partial charge is 0.203 e. The number of hydrogen-bond acceptors (Lipinski definition) is 4. The first-order valence-electron chi connectivity index (χ1n) is 10.3. The van der Waals surface area contributed by atoms with Crippen LogP contribution < -0.4 is 0 Å². The maximum Gasteiger partial charge on any atom is 0.203 e. The monoisotopic (exact) mass is 350 g/mol. The Balaban J connectivity index is 1.83. The molecule has 0 spiro atoms. The largest absolute Gasteiger partial charge is 0.385 e. The van der Waals surface area contributed by atoms with Crippen LogP contribution >= 0.6 is 0 Å². The zero-order valence-corrected chi connectivity index (χ0v) is 16.4. The van der Waals surface area contributed by atoms with Gasteiger partial charge in [0.1, 0.15) is 6.10 Å². The van der Waals surface area contributed by atoms with Crippen molar-refractivity contribution in [2.24, 2.45) is 7.05 Å². The van der Waals surface area contributed by atoms with Crippen LogP contribution in [0.4, 0.5) is 0 Å². The summed E-state index contributed by atoms with van der Waals surface area (Å²) in [6.07, 6.45) is 21.6. The van der Waals surface area contributed by atoms with Gasteiger partial charge in [0.15, 0.2) is 0 Å². The van der Waals surface area contributed by atoms with Crippen molar-refractivity contribution in [3.05, 3.63) is 18.0 Å². The van der Waals surface area contributed by atoms with Crippen molar-refractivity contribution in [3.63, 3.8) is 0 Å². The lowest BCUT2D eigenvalue weighted by Crippen LogP contribution is -2.01. The highest BCUT2D eigenvalue weighted by Gasteiger charge is 2.12. The number of aliphatic hydroxyl groups is 1. The summed E-state index contributed by atoms with van der Waals surface area (Å²) in [5.74, 6) is 0.443. The maximum atomic E-state index is 9.95. The quantitative estimate of drug-likeness (QED) is 0.325. The number of unbranched alkanes of at least 4 members (excludes halogenated alkanes) is 11. The average Bonchev–Trinajstić information content (AvgIpc) is 3.04. The van der Waals surface area contributed by atoms with Crippen molar-refractivity contribution in [1.82, 2.24) is 20.2 Å². The minimum absolute atomic E-state index is 0.443. The Morgan fingerprint density at radius 3 is 2.00 bits per heavy atom. The number of nitrogens with zero attached hydrogens (tertiary/aromatic N) is 4. The predicted octanol–water partition coefficient (Wildman–Crippen LogP) is 5.28. The van der Waals surface area contributed by atoms with Crippen LogP contribution in [0.5, 0.6) is 0 Å². The Labute approximate surface area is 153 Å². The van der Waals surface area contributed by atoms with Crippen LogP contribution in [-0.2, 0) is 7.05 Å². The van der Waals surface area contributed by atoms with E-state index in [1.54, 1.807) is 7.05 Å². The topological polar surface area (TPSA) is 63.8 Å². The summed E-state index contributed by atoms with van der Waals surface area (Å²) < 4.78 is 0. The van der Waals surface area contributed by atoms with Gasteiger partial charge in [0, 0.05) is 0 Å². The molecule has 0 saturated heterocycles. The lowest BCUT2D eigenvalue weighted by Gasteiger charge is -2.05. The zero-order valence-electron chi connectivity index (χ0n) is 16.4. The molecule has 0 aliphatic rings. The van der Waals surface area contributed by atoms with Crippen LogP contribution in [0.2, 0.25) is 0 Å². The fraction of sp³-hybridized carbons (Fsp3) is 0.850. The SMILES string of the molecule is CCCCCCCC/C=C\CCCCCCCC(O)c1nnn(C)n1. The summed E-state index contributed by atoms with van der Waals surface area (Å²) >= 11 is 0. The Hall–Kier alpha value is -1.23. The van der Waals surface area contributed by atoms with E-state index in [-0.39, 0.29) is 0 Å². The lowest BCUT2D eigenvalue weighted by molar-refractivity contribution is 0.153. The molecule has 1 aromatic rings. The van der Waals surface area contributed by atoms with Gasteiger partial charge in [-0.15, -0.1) is 10.2 Å². The summed E-state index contributed by atoms with van der Waals surface area (Å²) in [4.78, 5) is 1.39. The first kappa shape index (κ1) is 21.8. The number of allylic oxidation sites excluding steroid dienone is 2. The van der Waals surface area contributed by atoms with E-state index in [1.165, 1.54) is 81.8 Å². The molecule has 1 heterocycles. The summed E-state index contributed by atoms with van der Waals surface area (Å²) in [7, 11) is 1.71. The van der Waals surface area contributed by atoms with E-state index in [9.17, 15) is 5.11 Å². The molecule has 1 N–H and O–H groups in total. The minimum Gasteiger partial charge on any atom is -0.385 e. The molecule has 0 aliphatic heterocycles. The molecule has 1 unspecified atom stereocenters. The van der Waals surface area contributed by atoms with Gasteiger partial charge in [-0.25, -0.2) is 0 Å². The average molecular weight is 351 g/mol. The van der Waals surface area contributed by atoms with E-state index in [0.717, 1.165) is 12.8 Å². The van der Waals surface area contributed by atoms with Crippen molar-refractivity contribution in [3.8, 4) is 0 Å².